The Morgan fingerprint density at radius 2 is 1.70 bits per heavy atom. The Hall–Kier alpha value is -3.09. The number of carbonyl (C=O) groups is 2. The average Bonchev–Trinajstić information content (AvgIpc) is 2.91. The molecule has 0 aromatic heterocycles. The number of thioether (sulfide) groups is 1. The first-order valence-electron chi connectivity index (χ1n) is 13.1. The molecule has 40 heavy (non-hydrogen) atoms. The van der Waals surface area contributed by atoms with Gasteiger partial charge in [0.1, 0.15) is 0 Å². The molecule has 1 aliphatic rings. The maximum atomic E-state index is 12.4. The van der Waals surface area contributed by atoms with Crippen LogP contribution in [0.2, 0.25) is 4.71 Å². The van der Waals surface area contributed by atoms with Crippen molar-refractivity contribution in [2.24, 2.45) is 0 Å². The molecule has 1 heterocycles. The van der Waals surface area contributed by atoms with E-state index in [9.17, 15) is 14.7 Å². The number of benzene rings is 3. The number of anilines is 1. The number of hydrogen-bond donors (Lipinski definition) is 2. The van der Waals surface area contributed by atoms with Crippen LogP contribution in [0.1, 0.15) is 55.2 Å². The Morgan fingerprint density at radius 1 is 1.02 bits per heavy atom. The van der Waals surface area contributed by atoms with Crippen LogP contribution in [0.4, 0.5) is 10.5 Å². The van der Waals surface area contributed by atoms with Crippen LogP contribution in [0.5, 0.6) is 11.5 Å². The van der Waals surface area contributed by atoms with E-state index in [1.165, 1.54) is 0 Å². The van der Waals surface area contributed by atoms with Gasteiger partial charge in [-0.2, -0.15) is 0 Å². The summed E-state index contributed by atoms with van der Waals surface area (Å²) in [6.07, 6.45) is 1.03. The number of fused-ring (bicyclic) bond motifs is 1. The van der Waals surface area contributed by atoms with Crippen LogP contribution >= 0.6 is 11.8 Å². The molecule has 0 spiro atoms. The van der Waals surface area contributed by atoms with Gasteiger partial charge in [0, 0.05) is 0 Å². The molecule has 3 aromatic carbocycles. The first kappa shape index (κ1) is 29.9. The summed E-state index contributed by atoms with van der Waals surface area (Å²) in [5, 5.41) is 13.7. The molecule has 0 fully saturated rings. The number of hydrogen-bond acceptors (Lipinski definition) is 7. The zero-order valence-corrected chi connectivity index (χ0v) is 26.0. The number of carbonyl (C=O) groups excluding carboxylic acids is 1. The van der Waals surface area contributed by atoms with E-state index >= 15 is 0 Å². The molecule has 3 unspecified atom stereocenters. The summed E-state index contributed by atoms with van der Waals surface area (Å²) in [5.74, 6) is 0.547. The van der Waals surface area contributed by atoms with E-state index in [1.807, 2.05) is 48.5 Å². The predicted molar refractivity (Wildman–Crippen MR) is 159 cm³/mol. The average molecular weight is 625 g/mol. The second kappa shape index (κ2) is 13.0. The van der Waals surface area contributed by atoms with Gasteiger partial charge in [0.05, 0.1) is 0 Å². The van der Waals surface area contributed by atoms with E-state index in [-0.39, 0.29) is 17.7 Å². The molecular weight excluding hydrogens is 589 g/mol. The summed E-state index contributed by atoms with van der Waals surface area (Å²) >= 11 is 0.592. The number of methoxy groups -OCH3 is 2. The van der Waals surface area contributed by atoms with Crippen molar-refractivity contribution in [2.75, 3.05) is 19.5 Å². The Morgan fingerprint density at radius 3 is 2.30 bits per heavy atom. The van der Waals surface area contributed by atoms with Crippen LogP contribution in [0.3, 0.4) is 0 Å². The number of ether oxygens (including phenoxy) is 3. The normalized spacial score (nSPS) is 17.5. The Kier molecular flexibility index (Phi) is 9.75. The van der Waals surface area contributed by atoms with Crippen molar-refractivity contribution in [1.82, 2.24) is 0 Å². The third-order valence-corrected chi connectivity index (χ3v) is 9.86. The number of rotatable bonds is 10. The van der Waals surface area contributed by atoms with E-state index in [2.05, 4.69) is 23.5 Å². The number of carboxylic acids is 1. The molecule has 3 atom stereocenters. The quantitative estimate of drug-likeness (QED) is 0.230. The molecule has 1 aliphatic heterocycles. The summed E-state index contributed by atoms with van der Waals surface area (Å²) in [5.41, 5.74) is 3.30. The first-order chi connectivity index (χ1) is 19.1. The minimum atomic E-state index is -1.18. The van der Waals surface area contributed by atoms with Crippen molar-refractivity contribution in [3.63, 3.8) is 0 Å². The van der Waals surface area contributed by atoms with Crippen molar-refractivity contribution in [2.45, 2.75) is 60.1 Å². The van der Waals surface area contributed by atoms with Crippen LogP contribution in [0.15, 0.2) is 71.6 Å². The summed E-state index contributed by atoms with van der Waals surface area (Å²) in [4.78, 5) is 25.7. The Balaban J connectivity index is 1.66. The molecular formula is C31H35AsNO6S. The van der Waals surface area contributed by atoms with E-state index in [4.69, 9.17) is 14.2 Å². The van der Waals surface area contributed by atoms with Gasteiger partial charge in [0.2, 0.25) is 0 Å². The van der Waals surface area contributed by atoms with Gasteiger partial charge in [-0.25, -0.2) is 0 Å². The van der Waals surface area contributed by atoms with Gasteiger partial charge < -0.3 is 0 Å². The molecule has 0 bridgehead atoms. The van der Waals surface area contributed by atoms with Gasteiger partial charge in [0.25, 0.3) is 0 Å². The van der Waals surface area contributed by atoms with Crippen LogP contribution in [0, 0.1) is 0 Å². The fourth-order valence-electron chi connectivity index (χ4n) is 4.74. The Bertz CT molecular complexity index is 1320. The van der Waals surface area contributed by atoms with Gasteiger partial charge in [-0.3, -0.25) is 0 Å². The third-order valence-electron chi connectivity index (χ3n) is 6.45. The predicted octanol–water partition coefficient (Wildman–Crippen LogP) is 7.15. The van der Waals surface area contributed by atoms with E-state index in [1.54, 1.807) is 46.8 Å². The molecule has 0 aliphatic carbocycles. The second-order valence-electron chi connectivity index (χ2n) is 10.5. The molecule has 9 heteroatoms. The van der Waals surface area contributed by atoms with Crippen LogP contribution in [0.25, 0.3) is 0 Å². The van der Waals surface area contributed by atoms with Crippen molar-refractivity contribution < 1.29 is 28.9 Å². The van der Waals surface area contributed by atoms with Crippen LogP contribution < -0.4 is 14.8 Å². The maximum absolute atomic E-state index is 12.4. The summed E-state index contributed by atoms with van der Waals surface area (Å²) < 4.78 is 15.7. The second-order valence-corrected chi connectivity index (χ2v) is 14.4. The first-order valence-corrected chi connectivity index (χ1v) is 16.0. The van der Waals surface area contributed by atoms with Gasteiger partial charge in [-0.05, 0) is 0 Å². The Labute approximate surface area is 246 Å². The molecule has 211 valence electrons. The van der Waals surface area contributed by atoms with Gasteiger partial charge >= 0.3 is 247 Å². The fourth-order valence-corrected chi connectivity index (χ4v) is 8.08. The molecule has 4 rings (SSSR count). The van der Waals surface area contributed by atoms with Gasteiger partial charge in [0.15, 0.2) is 0 Å². The van der Waals surface area contributed by atoms with Crippen molar-refractivity contribution in [3.8, 4) is 11.5 Å². The molecule has 0 saturated carbocycles. The van der Waals surface area contributed by atoms with Gasteiger partial charge in [-0.15, -0.1) is 0 Å². The molecule has 2 N–H and O–H groups in total. The van der Waals surface area contributed by atoms with Crippen molar-refractivity contribution in [1.29, 1.82) is 0 Å². The van der Waals surface area contributed by atoms with Crippen LogP contribution in [-0.4, -0.2) is 51.4 Å². The topological polar surface area (TPSA) is 94.1 Å². The van der Waals surface area contributed by atoms with Gasteiger partial charge in [-0.1, -0.05) is 0 Å². The molecule has 3 aromatic rings. The van der Waals surface area contributed by atoms with Crippen LogP contribution in [-0.2, 0) is 16.0 Å². The monoisotopic (exact) mass is 624 g/mol. The van der Waals surface area contributed by atoms with E-state index in [0.717, 1.165) is 45.2 Å². The zero-order chi connectivity index (χ0) is 28.9. The summed E-state index contributed by atoms with van der Waals surface area (Å²) in [7, 11) is 3.33. The van der Waals surface area contributed by atoms with Crippen molar-refractivity contribution in [3.05, 3.63) is 83.4 Å². The SMILES string of the molecule is COc1cccc(OC)c1C1CC(Sc2ccccc2)c2cc(CC([As]C(=O)OC(C)(C)C)C(=O)O)ccc2N1. The standard InChI is InChI=1S/C31H35AsNO6S/c1-31(2,3)39-30(36)32-22(29(34)35)17-19-14-15-23-21(16-19)27(40-20-10-7-6-8-11-20)18-24(33-23)28-25(37-4)12-9-13-26(28)38-5/h6-16,22,24,27,33H,17-18H2,1-5H3,(H,34,35). The molecule has 0 amide bonds. The summed E-state index contributed by atoms with van der Waals surface area (Å²) in [6, 6.07) is 22.0. The van der Waals surface area contributed by atoms with E-state index < -0.39 is 36.8 Å². The number of nitrogens with one attached hydrogen (secondary N) is 1. The zero-order valence-electron chi connectivity index (χ0n) is 23.3. The third kappa shape index (κ3) is 7.55. The van der Waals surface area contributed by atoms with E-state index in [0.29, 0.717) is 0 Å². The minimum absolute atomic E-state index is 0.0606. The molecule has 7 nitrogen and oxygen atoms in total. The fraction of sp³-hybridized carbons (Fsp3) is 0.355. The van der Waals surface area contributed by atoms with Crippen molar-refractivity contribution >= 4 is 43.9 Å². The molecule has 0 saturated heterocycles. The number of carboxylic acid groups (broad SMARTS) is 1. The number of aliphatic carboxylic acids is 1. The summed E-state index contributed by atoms with van der Waals surface area (Å²) in [6.45, 7) is 5.37. The molecule has 1 radical (unpaired) electrons.